The molecule has 184 valence electrons. The smallest absolute Gasteiger partial charge is 0.253 e. The van der Waals surface area contributed by atoms with Crippen LogP contribution in [0.1, 0.15) is 43.5 Å². The molecule has 3 aromatic rings. The lowest BCUT2D eigenvalue weighted by atomic mass is 10.1. The molecule has 0 aliphatic carbocycles. The van der Waals surface area contributed by atoms with Gasteiger partial charge < -0.3 is 15.5 Å². The van der Waals surface area contributed by atoms with E-state index in [1.165, 1.54) is 5.39 Å². The zero-order valence-corrected chi connectivity index (χ0v) is 20.7. The first-order valence-electron chi connectivity index (χ1n) is 12.5. The first-order valence-corrected chi connectivity index (χ1v) is 12.5. The number of hydrogen-bond donors (Lipinski definition) is 2. The summed E-state index contributed by atoms with van der Waals surface area (Å²) in [5, 5.41) is 6.96. The Bertz CT molecular complexity index is 1150. The molecule has 0 spiro atoms. The Labute approximate surface area is 207 Å². The second-order valence-corrected chi connectivity index (χ2v) is 9.37. The topological polar surface area (TPSA) is 77.6 Å². The molecule has 1 fully saturated rings. The van der Waals surface area contributed by atoms with Crippen LogP contribution in [0.2, 0.25) is 0 Å². The number of piperazine rings is 1. The average molecular weight is 474 g/mol. The highest BCUT2D eigenvalue weighted by molar-refractivity contribution is 6.03. The molecule has 1 aliphatic heterocycles. The largest absolute Gasteiger partial charge is 0.354 e. The van der Waals surface area contributed by atoms with E-state index in [0.29, 0.717) is 17.7 Å². The number of anilines is 2. The van der Waals surface area contributed by atoms with Crippen LogP contribution in [0, 0.1) is 0 Å². The normalized spacial score (nSPS) is 14.3. The fourth-order valence-electron chi connectivity index (χ4n) is 4.40. The van der Waals surface area contributed by atoms with Crippen LogP contribution in [0.25, 0.3) is 10.9 Å². The number of nitrogens with one attached hydrogen (secondary N) is 2. The molecule has 1 aromatic heterocycles. The third kappa shape index (κ3) is 6.79. The lowest BCUT2D eigenvalue weighted by molar-refractivity contribution is -0.116. The van der Waals surface area contributed by atoms with Gasteiger partial charge in [0, 0.05) is 44.0 Å². The van der Waals surface area contributed by atoms with Crippen molar-refractivity contribution < 1.29 is 9.59 Å². The highest BCUT2D eigenvalue weighted by Gasteiger charge is 2.18. The quantitative estimate of drug-likeness (QED) is 0.453. The van der Waals surface area contributed by atoms with E-state index in [0.717, 1.165) is 56.9 Å². The van der Waals surface area contributed by atoms with Gasteiger partial charge in [0.25, 0.3) is 5.91 Å². The summed E-state index contributed by atoms with van der Waals surface area (Å²) in [6, 6.07) is 19.7. The van der Waals surface area contributed by atoms with Gasteiger partial charge in [-0.3, -0.25) is 14.5 Å². The van der Waals surface area contributed by atoms with Crippen LogP contribution >= 0.6 is 0 Å². The fourth-order valence-corrected chi connectivity index (χ4v) is 4.40. The molecule has 2 amide bonds. The number of unbranched alkanes of at least 4 members (excludes halogenated alkanes) is 1. The van der Waals surface area contributed by atoms with Crippen molar-refractivity contribution in [3.63, 3.8) is 0 Å². The zero-order valence-electron chi connectivity index (χ0n) is 20.7. The van der Waals surface area contributed by atoms with Crippen molar-refractivity contribution in [3.05, 3.63) is 66.2 Å². The number of fused-ring (bicyclic) bond motifs is 1. The number of aromatic nitrogens is 1. The highest BCUT2D eigenvalue weighted by atomic mass is 16.2. The molecule has 35 heavy (non-hydrogen) atoms. The number of amides is 2. The van der Waals surface area contributed by atoms with Crippen LogP contribution < -0.4 is 15.5 Å². The molecule has 2 aromatic carbocycles. The Kier molecular flexibility index (Phi) is 8.32. The van der Waals surface area contributed by atoms with Crippen LogP contribution in [0.4, 0.5) is 11.5 Å². The molecule has 0 atom stereocenters. The van der Waals surface area contributed by atoms with Crippen molar-refractivity contribution in [1.82, 2.24) is 15.2 Å². The van der Waals surface area contributed by atoms with Gasteiger partial charge in [-0.25, -0.2) is 4.98 Å². The van der Waals surface area contributed by atoms with Crippen LogP contribution in [0.5, 0.6) is 0 Å². The summed E-state index contributed by atoms with van der Waals surface area (Å²) in [4.78, 5) is 34.5. The SMILES string of the molecule is CC(C)NC(=O)c1ccccc1NC(=O)CCCCN1CCN(c2ccc3ccccc3n2)CC1. The predicted octanol–water partition coefficient (Wildman–Crippen LogP) is 4.30. The fraction of sp³-hybridized carbons (Fsp3) is 0.393. The number of carbonyl (C=O) groups excluding carboxylic acids is 2. The summed E-state index contributed by atoms with van der Waals surface area (Å²) in [5.41, 5.74) is 2.09. The Hall–Kier alpha value is -3.45. The first-order chi connectivity index (χ1) is 17.0. The average Bonchev–Trinajstić information content (AvgIpc) is 2.86. The number of benzene rings is 2. The van der Waals surface area contributed by atoms with E-state index >= 15 is 0 Å². The summed E-state index contributed by atoms with van der Waals surface area (Å²) in [6.07, 6.45) is 2.23. The molecule has 4 rings (SSSR count). The van der Waals surface area contributed by atoms with Crippen LogP contribution in [0.3, 0.4) is 0 Å². The molecule has 0 unspecified atom stereocenters. The molecule has 0 bridgehead atoms. The Balaban J connectivity index is 1.18. The van der Waals surface area contributed by atoms with Crippen molar-refractivity contribution >= 4 is 34.2 Å². The molecule has 0 saturated carbocycles. The van der Waals surface area contributed by atoms with Gasteiger partial charge in [0.1, 0.15) is 5.82 Å². The van der Waals surface area contributed by atoms with Crippen molar-refractivity contribution in [2.75, 3.05) is 42.9 Å². The van der Waals surface area contributed by atoms with E-state index in [1.54, 1.807) is 18.2 Å². The number of nitrogens with zero attached hydrogens (tertiary/aromatic N) is 3. The third-order valence-electron chi connectivity index (χ3n) is 6.27. The number of carbonyl (C=O) groups is 2. The van der Waals surface area contributed by atoms with Gasteiger partial charge >= 0.3 is 0 Å². The third-order valence-corrected chi connectivity index (χ3v) is 6.27. The summed E-state index contributed by atoms with van der Waals surface area (Å²) >= 11 is 0. The van der Waals surface area contributed by atoms with Crippen molar-refractivity contribution in [2.45, 2.75) is 39.2 Å². The summed E-state index contributed by atoms with van der Waals surface area (Å²) < 4.78 is 0. The Morgan fingerprint density at radius 3 is 2.46 bits per heavy atom. The van der Waals surface area contributed by atoms with Gasteiger partial charge in [-0.05, 0) is 63.6 Å². The highest BCUT2D eigenvalue weighted by Crippen LogP contribution is 2.20. The van der Waals surface area contributed by atoms with E-state index in [4.69, 9.17) is 4.98 Å². The minimum absolute atomic E-state index is 0.0389. The van der Waals surface area contributed by atoms with Gasteiger partial charge in [-0.15, -0.1) is 0 Å². The second kappa shape index (κ2) is 11.8. The summed E-state index contributed by atoms with van der Waals surface area (Å²) in [6.45, 7) is 8.73. The maximum atomic E-state index is 12.5. The van der Waals surface area contributed by atoms with Crippen molar-refractivity contribution in [2.24, 2.45) is 0 Å². The molecule has 1 aliphatic rings. The molecule has 2 heterocycles. The minimum Gasteiger partial charge on any atom is -0.354 e. The van der Waals surface area contributed by atoms with Crippen LogP contribution in [0.15, 0.2) is 60.7 Å². The molecule has 0 radical (unpaired) electrons. The van der Waals surface area contributed by atoms with Crippen molar-refractivity contribution in [1.29, 1.82) is 0 Å². The molecule has 7 heteroatoms. The maximum Gasteiger partial charge on any atom is 0.253 e. The van der Waals surface area contributed by atoms with Gasteiger partial charge in [0.15, 0.2) is 0 Å². The van der Waals surface area contributed by atoms with Gasteiger partial charge in [-0.1, -0.05) is 30.3 Å². The van der Waals surface area contributed by atoms with E-state index in [-0.39, 0.29) is 17.9 Å². The van der Waals surface area contributed by atoms with Gasteiger partial charge in [-0.2, -0.15) is 0 Å². The molecular formula is C28H35N5O2. The van der Waals surface area contributed by atoms with Crippen LogP contribution in [-0.4, -0.2) is 60.5 Å². The Morgan fingerprint density at radius 2 is 1.66 bits per heavy atom. The summed E-state index contributed by atoms with van der Waals surface area (Å²) in [7, 11) is 0. The summed E-state index contributed by atoms with van der Waals surface area (Å²) in [5.74, 6) is 0.818. The maximum absolute atomic E-state index is 12.5. The van der Waals surface area contributed by atoms with Crippen LogP contribution in [-0.2, 0) is 4.79 Å². The second-order valence-electron chi connectivity index (χ2n) is 9.37. The van der Waals surface area contributed by atoms with E-state index in [9.17, 15) is 9.59 Å². The van der Waals surface area contributed by atoms with E-state index in [2.05, 4.69) is 44.7 Å². The van der Waals surface area contributed by atoms with Gasteiger partial charge in [0.05, 0.1) is 16.8 Å². The minimum atomic E-state index is -0.172. The lowest BCUT2D eigenvalue weighted by Crippen LogP contribution is -2.46. The number of pyridine rings is 1. The monoisotopic (exact) mass is 473 g/mol. The predicted molar refractivity (Wildman–Crippen MR) is 142 cm³/mol. The first kappa shape index (κ1) is 24.7. The lowest BCUT2D eigenvalue weighted by Gasteiger charge is -2.35. The van der Waals surface area contributed by atoms with E-state index < -0.39 is 0 Å². The number of hydrogen-bond acceptors (Lipinski definition) is 5. The van der Waals surface area contributed by atoms with Crippen molar-refractivity contribution in [3.8, 4) is 0 Å². The standard InChI is InChI=1S/C28H35N5O2/c1-21(2)29-28(35)23-10-4-6-12-25(23)31-27(34)13-7-8-16-32-17-19-33(20-18-32)26-15-14-22-9-3-5-11-24(22)30-26/h3-6,9-12,14-15,21H,7-8,13,16-20H2,1-2H3,(H,29,35)(H,31,34). The molecule has 7 nitrogen and oxygen atoms in total. The number of para-hydroxylation sites is 2. The molecule has 1 saturated heterocycles. The number of rotatable bonds is 9. The molecular weight excluding hydrogens is 438 g/mol. The van der Waals surface area contributed by atoms with Gasteiger partial charge in [0.2, 0.25) is 5.91 Å². The van der Waals surface area contributed by atoms with E-state index in [1.807, 2.05) is 32.0 Å². The zero-order chi connectivity index (χ0) is 24.6. The molecule has 2 N–H and O–H groups in total. The Morgan fingerprint density at radius 1 is 0.914 bits per heavy atom.